The van der Waals surface area contributed by atoms with Crippen molar-refractivity contribution in [3.05, 3.63) is 88.2 Å². The number of halogens is 11. The second kappa shape index (κ2) is 11.8. The summed E-state index contributed by atoms with van der Waals surface area (Å²) in [7, 11) is 0. The van der Waals surface area contributed by atoms with Gasteiger partial charge in [0, 0.05) is 10.4 Å². The molecule has 0 bridgehead atoms. The highest BCUT2D eigenvalue weighted by Gasteiger charge is 2.44. The Morgan fingerprint density at radius 2 is 1.49 bits per heavy atom. The van der Waals surface area contributed by atoms with E-state index in [4.69, 9.17) is 4.74 Å². The standard InChI is InChI=1S/C28H21BrF10O2/c1-2-3-14-12-40-22(11-18(14)29)15-8-19(30)23(20(31)9-15)28(38,39)41-26-21(32)10-17(24(33)25(26)34)13-4-6-16(7-5-13)27(35,36)37/h4-10,14,18,22H,2-3,11-12H2,1H3. The molecule has 1 heterocycles. The molecule has 13 heteroatoms. The normalized spacial score (nSPS) is 19.9. The molecule has 4 rings (SSSR count). The highest BCUT2D eigenvalue weighted by molar-refractivity contribution is 9.09. The molecule has 0 aromatic heterocycles. The summed E-state index contributed by atoms with van der Waals surface area (Å²) in [5.41, 5.74) is -4.48. The van der Waals surface area contributed by atoms with Crippen LogP contribution in [0.4, 0.5) is 43.9 Å². The van der Waals surface area contributed by atoms with Crippen molar-refractivity contribution >= 4 is 15.9 Å². The Morgan fingerprint density at radius 3 is 2.02 bits per heavy atom. The van der Waals surface area contributed by atoms with Gasteiger partial charge in [-0.15, -0.1) is 0 Å². The number of benzene rings is 3. The molecule has 2 nitrogen and oxygen atoms in total. The maximum atomic E-state index is 14.9. The topological polar surface area (TPSA) is 18.5 Å². The number of hydrogen-bond donors (Lipinski definition) is 0. The average molecular weight is 659 g/mol. The Morgan fingerprint density at radius 1 is 0.878 bits per heavy atom. The number of hydrogen-bond acceptors (Lipinski definition) is 2. The van der Waals surface area contributed by atoms with Crippen LogP contribution in [-0.4, -0.2) is 11.4 Å². The van der Waals surface area contributed by atoms with Gasteiger partial charge in [-0.1, -0.05) is 41.4 Å². The third-order valence-electron chi connectivity index (χ3n) is 6.72. The van der Waals surface area contributed by atoms with Gasteiger partial charge in [0.2, 0.25) is 11.6 Å². The van der Waals surface area contributed by atoms with E-state index < -0.39 is 75.5 Å². The second-order valence-corrected chi connectivity index (χ2v) is 10.7. The van der Waals surface area contributed by atoms with E-state index in [0.29, 0.717) is 30.7 Å². The number of rotatable bonds is 7. The highest BCUT2D eigenvalue weighted by Crippen LogP contribution is 2.42. The van der Waals surface area contributed by atoms with Gasteiger partial charge in [-0.2, -0.15) is 26.3 Å². The molecule has 1 aliphatic heterocycles. The van der Waals surface area contributed by atoms with Crippen molar-refractivity contribution in [3.8, 4) is 16.9 Å². The zero-order valence-corrected chi connectivity index (χ0v) is 22.7. The lowest BCUT2D eigenvalue weighted by Crippen LogP contribution is -2.30. The summed E-state index contributed by atoms with van der Waals surface area (Å²) in [6.07, 6.45) is -8.53. The molecule has 3 aromatic carbocycles. The average Bonchev–Trinajstić information content (AvgIpc) is 2.89. The Hall–Kier alpha value is -2.80. The molecule has 0 aliphatic carbocycles. The molecule has 0 saturated carbocycles. The van der Waals surface area contributed by atoms with Gasteiger partial charge < -0.3 is 9.47 Å². The number of alkyl halides is 6. The molecule has 3 atom stereocenters. The van der Waals surface area contributed by atoms with Crippen molar-refractivity contribution < 1.29 is 53.4 Å². The van der Waals surface area contributed by atoms with Crippen LogP contribution in [0.25, 0.3) is 11.1 Å². The van der Waals surface area contributed by atoms with Crippen molar-refractivity contribution in [3.63, 3.8) is 0 Å². The monoisotopic (exact) mass is 658 g/mol. The molecule has 0 amide bonds. The summed E-state index contributed by atoms with van der Waals surface area (Å²) >= 11 is 3.51. The third kappa shape index (κ3) is 6.50. The number of ether oxygens (including phenoxy) is 2. The first-order valence-electron chi connectivity index (χ1n) is 12.3. The minimum atomic E-state index is -5.01. The van der Waals surface area contributed by atoms with Crippen LogP contribution in [0.2, 0.25) is 0 Å². The Bertz CT molecular complexity index is 1390. The van der Waals surface area contributed by atoms with E-state index in [9.17, 15) is 43.9 Å². The fourth-order valence-electron chi connectivity index (χ4n) is 4.63. The maximum absolute atomic E-state index is 14.9. The minimum absolute atomic E-state index is 0.0526. The third-order valence-corrected chi connectivity index (χ3v) is 7.84. The van der Waals surface area contributed by atoms with Crippen LogP contribution < -0.4 is 4.74 Å². The maximum Gasteiger partial charge on any atom is 0.432 e. The molecule has 41 heavy (non-hydrogen) atoms. The molecule has 3 aromatic rings. The molecule has 1 fully saturated rings. The van der Waals surface area contributed by atoms with E-state index in [1.165, 1.54) is 0 Å². The van der Waals surface area contributed by atoms with Gasteiger partial charge in [0.05, 0.1) is 18.3 Å². The fourth-order valence-corrected chi connectivity index (χ4v) is 5.39. The first-order valence-corrected chi connectivity index (χ1v) is 13.2. The van der Waals surface area contributed by atoms with Gasteiger partial charge in [-0.3, -0.25) is 0 Å². The molecule has 0 spiro atoms. The van der Waals surface area contributed by atoms with E-state index >= 15 is 0 Å². The van der Waals surface area contributed by atoms with Crippen LogP contribution in [0.5, 0.6) is 5.75 Å². The SMILES string of the molecule is CCCC1COC(c2cc(F)c(C(F)(F)Oc3c(F)cc(-c4ccc(C(F)(F)F)cc4)c(F)c3F)c(F)c2)CC1Br. The van der Waals surface area contributed by atoms with Crippen LogP contribution in [0, 0.1) is 35.0 Å². The zero-order chi connectivity index (χ0) is 30.3. The van der Waals surface area contributed by atoms with Crippen molar-refractivity contribution in [2.45, 2.75) is 49.4 Å². The summed E-state index contributed by atoms with van der Waals surface area (Å²) in [5.74, 6) is -11.5. The van der Waals surface area contributed by atoms with Gasteiger partial charge in [-0.25, -0.2) is 17.6 Å². The predicted octanol–water partition coefficient (Wildman–Crippen LogP) is 9.84. The van der Waals surface area contributed by atoms with Gasteiger partial charge in [0.1, 0.15) is 17.2 Å². The molecular formula is C28H21BrF10O2. The lowest BCUT2D eigenvalue weighted by Gasteiger charge is -2.33. The minimum Gasteiger partial charge on any atom is -0.422 e. The molecule has 0 N–H and O–H groups in total. The molecule has 0 radical (unpaired) electrons. The summed E-state index contributed by atoms with van der Waals surface area (Å²) in [4.78, 5) is -0.0526. The predicted molar refractivity (Wildman–Crippen MR) is 132 cm³/mol. The summed E-state index contributed by atoms with van der Waals surface area (Å²) in [6.45, 7) is 2.25. The van der Waals surface area contributed by atoms with Crippen LogP contribution in [0.3, 0.4) is 0 Å². The Balaban J connectivity index is 1.61. The van der Waals surface area contributed by atoms with Crippen molar-refractivity contribution in [2.24, 2.45) is 5.92 Å². The van der Waals surface area contributed by atoms with E-state index in [2.05, 4.69) is 20.7 Å². The zero-order valence-electron chi connectivity index (χ0n) is 21.1. The van der Waals surface area contributed by atoms with E-state index in [1.54, 1.807) is 0 Å². The van der Waals surface area contributed by atoms with E-state index in [0.717, 1.165) is 25.0 Å². The van der Waals surface area contributed by atoms with Crippen LogP contribution in [0.15, 0.2) is 42.5 Å². The van der Waals surface area contributed by atoms with Crippen LogP contribution in [-0.2, 0) is 17.0 Å². The molecular weight excluding hydrogens is 638 g/mol. The highest BCUT2D eigenvalue weighted by atomic mass is 79.9. The van der Waals surface area contributed by atoms with Gasteiger partial charge in [0.15, 0.2) is 11.6 Å². The molecule has 1 saturated heterocycles. The summed E-state index contributed by atoms with van der Waals surface area (Å²) < 4.78 is 152. The fraction of sp³-hybridized carbons (Fsp3) is 0.357. The molecule has 1 aliphatic rings. The van der Waals surface area contributed by atoms with Crippen molar-refractivity contribution in [1.29, 1.82) is 0 Å². The van der Waals surface area contributed by atoms with Gasteiger partial charge >= 0.3 is 12.3 Å². The smallest absolute Gasteiger partial charge is 0.422 e. The van der Waals surface area contributed by atoms with Crippen LogP contribution >= 0.6 is 15.9 Å². The largest absolute Gasteiger partial charge is 0.432 e. The lowest BCUT2D eigenvalue weighted by atomic mass is 9.91. The Kier molecular flexibility index (Phi) is 8.98. The van der Waals surface area contributed by atoms with Gasteiger partial charge in [0.25, 0.3) is 0 Å². The molecule has 222 valence electrons. The van der Waals surface area contributed by atoms with E-state index in [1.807, 2.05) is 6.92 Å². The Labute approximate surface area is 236 Å². The first-order chi connectivity index (χ1) is 19.1. The summed E-state index contributed by atoms with van der Waals surface area (Å²) in [5, 5.41) is 0. The van der Waals surface area contributed by atoms with Crippen LogP contribution in [0.1, 0.15) is 49.0 Å². The van der Waals surface area contributed by atoms with Crippen molar-refractivity contribution in [2.75, 3.05) is 6.61 Å². The van der Waals surface area contributed by atoms with E-state index in [-0.39, 0.29) is 29.0 Å². The van der Waals surface area contributed by atoms with Gasteiger partial charge in [-0.05, 0) is 60.2 Å². The second-order valence-electron chi connectivity index (χ2n) is 9.54. The first kappa shape index (κ1) is 31.1. The lowest BCUT2D eigenvalue weighted by molar-refractivity contribution is -0.192. The van der Waals surface area contributed by atoms with Crippen molar-refractivity contribution in [1.82, 2.24) is 0 Å². The molecule has 3 unspecified atom stereocenters. The summed E-state index contributed by atoms with van der Waals surface area (Å²) in [6, 6.07) is 3.91. The quantitative estimate of drug-likeness (QED) is 0.143.